The number of hydrogen-bond donors (Lipinski definition) is 0. The minimum atomic E-state index is -0.256. The lowest BCUT2D eigenvalue weighted by Gasteiger charge is -2.17. The number of thiophene rings is 1. The molecule has 1 aliphatic rings. The fourth-order valence-electron chi connectivity index (χ4n) is 3.54. The number of aryl methyl sites for hydroxylation is 1. The highest BCUT2D eigenvalue weighted by Crippen LogP contribution is 2.39. The molecular formula is C18H15FN4S. The molecule has 24 heavy (non-hydrogen) atoms. The minimum Gasteiger partial charge on any atom is -0.265 e. The smallest absolute Gasteiger partial charge is 0.172 e. The molecule has 0 bridgehead atoms. The fraction of sp³-hybridized carbons (Fsp3) is 0.278. The molecule has 3 heterocycles. The highest BCUT2D eigenvalue weighted by atomic mass is 32.1. The molecule has 0 radical (unpaired) electrons. The van der Waals surface area contributed by atoms with Gasteiger partial charge in [0.1, 0.15) is 17.0 Å². The summed E-state index contributed by atoms with van der Waals surface area (Å²) in [5.74, 6) is 1.13. The van der Waals surface area contributed by atoms with Crippen molar-refractivity contribution in [2.75, 3.05) is 0 Å². The Hall–Kier alpha value is -2.34. The quantitative estimate of drug-likeness (QED) is 0.520. The first-order chi connectivity index (χ1) is 11.7. The Morgan fingerprint density at radius 2 is 2.04 bits per heavy atom. The third-order valence-corrected chi connectivity index (χ3v) is 6.00. The van der Waals surface area contributed by atoms with Gasteiger partial charge < -0.3 is 0 Å². The molecule has 0 N–H and O–H groups in total. The van der Waals surface area contributed by atoms with E-state index in [2.05, 4.69) is 22.1 Å². The van der Waals surface area contributed by atoms with Gasteiger partial charge in [-0.2, -0.15) is 0 Å². The van der Waals surface area contributed by atoms with E-state index in [-0.39, 0.29) is 5.82 Å². The molecule has 0 saturated carbocycles. The summed E-state index contributed by atoms with van der Waals surface area (Å²) in [5.41, 5.74) is 3.08. The maximum Gasteiger partial charge on any atom is 0.172 e. The number of aromatic nitrogens is 4. The van der Waals surface area contributed by atoms with Crippen molar-refractivity contribution < 1.29 is 4.39 Å². The maximum absolute atomic E-state index is 13.2. The van der Waals surface area contributed by atoms with Crippen molar-refractivity contribution in [2.24, 2.45) is 5.92 Å². The van der Waals surface area contributed by atoms with Gasteiger partial charge in [0.05, 0.1) is 5.39 Å². The van der Waals surface area contributed by atoms with Crippen LogP contribution < -0.4 is 0 Å². The number of benzene rings is 1. The SMILES string of the molecule is C[C@@H]1CCc2sc3ncn4c(-c5ccc(F)cc5)nnc4c3c2C1. The van der Waals surface area contributed by atoms with E-state index in [1.165, 1.54) is 29.0 Å². The molecule has 0 aliphatic heterocycles. The van der Waals surface area contributed by atoms with Crippen molar-refractivity contribution >= 4 is 27.2 Å². The van der Waals surface area contributed by atoms with E-state index < -0.39 is 0 Å². The molecule has 0 amide bonds. The van der Waals surface area contributed by atoms with Gasteiger partial charge >= 0.3 is 0 Å². The second-order valence-electron chi connectivity index (χ2n) is 6.50. The van der Waals surface area contributed by atoms with Crippen molar-refractivity contribution in [3.63, 3.8) is 0 Å². The molecule has 6 heteroatoms. The zero-order valence-corrected chi connectivity index (χ0v) is 14.0. The lowest BCUT2D eigenvalue weighted by atomic mass is 9.89. The molecule has 3 aromatic heterocycles. The average molecular weight is 338 g/mol. The van der Waals surface area contributed by atoms with E-state index in [1.807, 2.05) is 4.40 Å². The lowest BCUT2D eigenvalue weighted by Crippen LogP contribution is -2.09. The zero-order chi connectivity index (χ0) is 16.3. The number of hydrogen-bond acceptors (Lipinski definition) is 4. The van der Waals surface area contributed by atoms with Gasteiger partial charge in [-0.25, -0.2) is 9.37 Å². The standard InChI is InChI=1S/C18H15FN4S/c1-10-2-7-14-13(8-10)15-17-22-21-16(11-3-5-12(19)6-4-11)23(17)9-20-18(15)24-14/h3-6,9-10H,2,7-8H2,1H3/t10-/m1/s1. The Labute approximate surface area is 142 Å². The largest absolute Gasteiger partial charge is 0.265 e. The molecule has 0 spiro atoms. The fourth-order valence-corrected chi connectivity index (χ4v) is 4.72. The van der Waals surface area contributed by atoms with Crippen LogP contribution in [0.2, 0.25) is 0 Å². The Morgan fingerprint density at radius 3 is 2.88 bits per heavy atom. The Balaban J connectivity index is 1.77. The number of halogens is 1. The molecule has 5 rings (SSSR count). The van der Waals surface area contributed by atoms with E-state index in [4.69, 9.17) is 0 Å². The summed E-state index contributed by atoms with van der Waals surface area (Å²) < 4.78 is 15.1. The van der Waals surface area contributed by atoms with Gasteiger partial charge in [0.25, 0.3) is 0 Å². The number of nitrogens with zero attached hydrogens (tertiary/aromatic N) is 4. The van der Waals surface area contributed by atoms with Crippen LogP contribution in [0.15, 0.2) is 30.6 Å². The summed E-state index contributed by atoms with van der Waals surface area (Å²) in [6, 6.07) is 6.33. The van der Waals surface area contributed by atoms with Crippen molar-refractivity contribution in [3.8, 4) is 11.4 Å². The maximum atomic E-state index is 13.2. The molecule has 0 saturated heterocycles. The highest BCUT2D eigenvalue weighted by Gasteiger charge is 2.24. The minimum absolute atomic E-state index is 0.256. The predicted molar refractivity (Wildman–Crippen MR) is 92.7 cm³/mol. The van der Waals surface area contributed by atoms with Crippen LogP contribution in [-0.2, 0) is 12.8 Å². The third-order valence-electron chi connectivity index (χ3n) is 4.80. The van der Waals surface area contributed by atoms with Crippen LogP contribution in [0.1, 0.15) is 23.8 Å². The van der Waals surface area contributed by atoms with Crippen LogP contribution in [0, 0.1) is 11.7 Å². The molecule has 4 nitrogen and oxygen atoms in total. The van der Waals surface area contributed by atoms with Gasteiger partial charge in [0, 0.05) is 10.4 Å². The van der Waals surface area contributed by atoms with Crippen LogP contribution in [0.4, 0.5) is 4.39 Å². The van der Waals surface area contributed by atoms with Crippen molar-refractivity contribution in [2.45, 2.75) is 26.2 Å². The molecule has 0 unspecified atom stereocenters. The topological polar surface area (TPSA) is 43.1 Å². The van der Waals surface area contributed by atoms with Gasteiger partial charge in [0.2, 0.25) is 0 Å². The third kappa shape index (κ3) is 1.99. The normalized spacial score (nSPS) is 17.5. The highest BCUT2D eigenvalue weighted by molar-refractivity contribution is 7.19. The summed E-state index contributed by atoms with van der Waals surface area (Å²) in [6.07, 6.45) is 5.23. The summed E-state index contributed by atoms with van der Waals surface area (Å²) in [7, 11) is 0. The summed E-state index contributed by atoms with van der Waals surface area (Å²) >= 11 is 1.78. The zero-order valence-electron chi connectivity index (χ0n) is 13.2. The number of fused-ring (bicyclic) bond motifs is 5. The van der Waals surface area contributed by atoms with Crippen molar-refractivity contribution in [1.82, 2.24) is 19.6 Å². The first-order valence-electron chi connectivity index (χ1n) is 8.10. The molecular weight excluding hydrogens is 323 g/mol. The molecule has 120 valence electrons. The second-order valence-corrected chi connectivity index (χ2v) is 7.58. The molecule has 1 aromatic carbocycles. The Kier molecular flexibility index (Phi) is 2.97. The van der Waals surface area contributed by atoms with Gasteiger partial charge in [-0.15, -0.1) is 21.5 Å². The van der Waals surface area contributed by atoms with Crippen LogP contribution >= 0.6 is 11.3 Å². The van der Waals surface area contributed by atoms with Crippen molar-refractivity contribution in [3.05, 3.63) is 46.9 Å². The van der Waals surface area contributed by atoms with Crippen LogP contribution in [-0.4, -0.2) is 19.6 Å². The van der Waals surface area contributed by atoms with Gasteiger partial charge in [0.15, 0.2) is 11.5 Å². The van der Waals surface area contributed by atoms with E-state index in [1.54, 1.807) is 29.8 Å². The second kappa shape index (κ2) is 5.08. The Morgan fingerprint density at radius 1 is 1.21 bits per heavy atom. The molecule has 1 aliphatic carbocycles. The summed E-state index contributed by atoms with van der Waals surface area (Å²) in [5, 5.41) is 9.93. The first-order valence-corrected chi connectivity index (χ1v) is 8.92. The first kappa shape index (κ1) is 14.0. The van der Waals surface area contributed by atoms with Gasteiger partial charge in [-0.3, -0.25) is 4.40 Å². The average Bonchev–Trinajstić information content (AvgIpc) is 3.16. The predicted octanol–water partition coefficient (Wildman–Crippen LogP) is 4.27. The summed E-state index contributed by atoms with van der Waals surface area (Å²) in [4.78, 5) is 7.12. The van der Waals surface area contributed by atoms with E-state index in [0.717, 1.165) is 34.3 Å². The lowest BCUT2D eigenvalue weighted by molar-refractivity contribution is 0.508. The van der Waals surface area contributed by atoms with E-state index in [0.29, 0.717) is 11.7 Å². The van der Waals surface area contributed by atoms with Crippen LogP contribution in [0.3, 0.4) is 0 Å². The van der Waals surface area contributed by atoms with Gasteiger partial charge in [-0.1, -0.05) is 6.92 Å². The number of rotatable bonds is 1. The molecule has 4 aromatic rings. The van der Waals surface area contributed by atoms with Crippen LogP contribution in [0.5, 0.6) is 0 Å². The summed E-state index contributed by atoms with van der Waals surface area (Å²) in [6.45, 7) is 2.30. The van der Waals surface area contributed by atoms with Crippen LogP contribution in [0.25, 0.3) is 27.3 Å². The van der Waals surface area contributed by atoms with Crippen molar-refractivity contribution in [1.29, 1.82) is 0 Å². The van der Waals surface area contributed by atoms with E-state index in [9.17, 15) is 4.39 Å². The molecule has 0 fully saturated rings. The monoisotopic (exact) mass is 338 g/mol. The van der Waals surface area contributed by atoms with Gasteiger partial charge in [-0.05, 0) is 55.0 Å². The molecule has 1 atom stereocenters. The van der Waals surface area contributed by atoms with E-state index >= 15 is 0 Å². The Bertz CT molecular complexity index is 1060.